The Kier molecular flexibility index (Phi) is 8.30. The van der Waals surface area contributed by atoms with Crippen molar-refractivity contribution in [2.75, 3.05) is 9.80 Å². The Balaban J connectivity index is 1.18. The standard InChI is InChI=1S/C54H35FN4/c55-39-27-25-38(26-28-39)50-35-56-53-48-33-42(58(40-17-3-1-4-18-40)51-23-11-15-36-13-7-9-21-44(36)51)29-31-46(48)47-32-30-43(34-49(47)54(53)57-50)59(41-19-5-2-6-20-41)52-24-12-16-37-14-8-10-22-45(37)52/h1-35H. The van der Waals surface area contributed by atoms with Gasteiger partial charge in [-0.2, -0.15) is 0 Å². The van der Waals surface area contributed by atoms with Gasteiger partial charge in [0.2, 0.25) is 0 Å². The van der Waals surface area contributed by atoms with Crippen molar-refractivity contribution in [3.63, 3.8) is 0 Å². The van der Waals surface area contributed by atoms with E-state index in [0.29, 0.717) is 5.69 Å². The Morgan fingerprint density at radius 2 is 0.831 bits per heavy atom. The van der Waals surface area contributed by atoms with Gasteiger partial charge in [0.15, 0.2) is 0 Å². The molecule has 59 heavy (non-hydrogen) atoms. The van der Waals surface area contributed by atoms with E-state index in [1.54, 1.807) is 12.1 Å². The van der Waals surface area contributed by atoms with Gasteiger partial charge in [0.1, 0.15) is 5.82 Å². The molecule has 278 valence electrons. The van der Waals surface area contributed by atoms with E-state index < -0.39 is 0 Å². The molecule has 10 aromatic carbocycles. The van der Waals surface area contributed by atoms with Gasteiger partial charge in [-0.15, -0.1) is 0 Å². The number of fused-ring (bicyclic) bond motifs is 8. The maximum Gasteiger partial charge on any atom is 0.123 e. The molecule has 0 aliphatic heterocycles. The van der Waals surface area contributed by atoms with Crippen LogP contribution in [0.15, 0.2) is 212 Å². The fraction of sp³-hybridized carbons (Fsp3) is 0. The Bertz CT molecular complexity index is 3340. The van der Waals surface area contributed by atoms with Gasteiger partial charge in [0.25, 0.3) is 0 Å². The number of anilines is 6. The Hall–Kier alpha value is -7.89. The van der Waals surface area contributed by atoms with E-state index in [-0.39, 0.29) is 5.82 Å². The molecule has 0 saturated carbocycles. The first kappa shape index (κ1) is 34.4. The molecular formula is C54H35FN4. The molecule has 1 heterocycles. The zero-order valence-electron chi connectivity index (χ0n) is 31.9. The highest BCUT2D eigenvalue weighted by Crippen LogP contribution is 2.45. The third kappa shape index (κ3) is 5.99. The lowest BCUT2D eigenvalue weighted by Crippen LogP contribution is -2.11. The molecule has 4 nitrogen and oxygen atoms in total. The van der Waals surface area contributed by atoms with E-state index in [2.05, 4.69) is 180 Å². The van der Waals surface area contributed by atoms with Gasteiger partial charge in [0, 0.05) is 49.9 Å². The smallest absolute Gasteiger partial charge is 0.123 e. The van der Waals surface area contributed by atoms with Crippen LogP contribution in [-0.4, -0.2) is 9.97 Å². The number of rotatable bonds is 7. The second kappa shape index (κ2) is 14.2. The van der Waals surface area contributed by atoms with Crippen molar-refractivity contribution >= 4 is 88.2 Å². The summed E-state index contributed by atoms with van der Waals surface area (Å²) < 4.78 is 14.1. The summed E-state index contributed by atoms with van der Waals surface area (Å²) in [5, 5.41) is 8.77. The number of halogens is 1. The van der Waals surface area contributed by atoms with E-state index in [0.717, 1.165) is 83.0 Å². The predicted molar refractivity (Wildman–Crippen MR) is 244 cm³/mol. The molecule has 0 atom stereocenters. The second-order valence-electron chi connectivity index (χ2n) is 14.8. The molecule has 0 radical (unpaired) electrons. The zero-order chi connectivity index (χ0) is 39.3. The third-order valence-corrected chi connectivity index (χ3v) is 11.3. The summed E-state index contributed by atoms with van der Waals surface area (Å²) in [7, 11) is 0. The van der Waals surface area contributed by atoms with Crippen molar-refractivity contribution in [1.82, 2.24) is 9.97 Å². The van der Waals surface area contributed by atoms with Gasteiger partial charge in [-0.05, 0) is 106 Å². The first-order chi connectivity index (χ1) is 29.2. The molecular weight excluding hydrogens is 724 g/mol. The van der Waals surface area contributed by atoms with Crippen LogP contribution >= 0.6 is 0 Å². The topological polar surface area (TPSA) is 32.3 Å². The summed E-state index contributed by atoms with van der Waals surface area (Å²) in [6.45, 7) is 0. The fourth-order valence-electron chi connectivity index (χ4n) is 8.55. The van der Waals surface area contributed by atoms with Crippen LogP contribution in [0, 0.1) is 5.82 Å². The number of hydrogen-bond acceptors (Lipinski definition) is 4. The Morgan fingerprint density at radius 1 is 0.356 bits per heavy atom. The van der Waals surface area contributed by atoms with Crippen molar-refractivity contribution in [2.45, 2.75) is 0 Å². The van der Waals surface area contributed by atoms with Gasteiger partial charge >= 0.3 is 0 Å². The molecule has 11 aromatic rings. The molecule has 5 heteroatoms. The molecule has 0 unspecified atom stereocenters. The minimum absolute atomic E-state index is 0.292. The van der Waals surface area contributed by atoms with Gasteiger partial charge in [-0.1, -0.05) is 121 Å². The normalized spacial score (nSPS) is 11.5. The first-order valence-electron chi connectivity index (χ1n) is 19.8. The number of nitrogens with zero attached hydrogens (tertiary/aromatic N) is 4. The first-order valence-corrected chi connectivity index (χ1v) is 19.8. The third-order valence-electron chi connectivity index (χ3n) is 11.3. The molecule has 11 rings (SSSR count). The summed E-state index contributed by atoms with van der Waals surface area (Å²) in [5.74, 6) is -0.292. The van der Waals surface area contributed by atoms with Crippen molar-refractivity contribution in [1.29, 1.82) is 0 Å². The largest absolute Gasteiger partial charge is 0.310 e. The van der Waals surface area contributed by atoms with Gasteiger partial charge < -0.3 is 9.80 Å². The molecule has 0 aliphatic carbocycles. The molecule has 0 amide bonds. The highest BCUT2D eigenvalue weighted by Gasteiger charge is 2.21. The maximum atomic E-state index is 14.1. The summed E-state index contributed by atoms with van der Waals surface area (Å²) in [5.41, 5.74) is 9.31. The van der Waals surface area contributed by atoms with Crippen LogP contribution in [0.2, 0.25) is 0 Å². The van der Waals surface area contributed by atoms with E-state index in [1.165, 1.54) is 22.9 Å². The minimum Gasteiger partial charge on any atom is -0.310 e. The highest BCUT2D eigenvalue weighted by atomic mass is 19.1. The predicted octanol–water partition coefficient (Wildman–Crippen LogP) is 15.0. The highest BCUT2D eigenvalue weighted by molar-refractivity contribution is 6.24. The molecule has 0 fully saturated rings. The van der Waals surface area contributed by atoms with Crippen LogP contribution in [0.5, 0.6) is 0 Å². The average Bonchev–Trinajstić information content (AvgIpc) is 3.30. The molecule has 0 saturated heterocycles. The van der Waals surface area contributed by atoms with Gasteiger partial charge in [0.05, 0.1) is 34.3 Å². The van der Waals surface area contributed by atoms with Crippen molar-refractivity contribution in [2.24, 2.45) is 0 Å². The maximum absolute atomic E-state index is 14.1. The van der Waals surface area contributed by atoms with Crippen molar-refractivity contribution < 1.29 is 4.39 Å². The SMILES string of the molecule is Fc1ccc(-c2cnc3c4cc(N(c5ccccc5)c5cccc6ccccc56)ccc4c4ccc(N(c5ccccc5)c5cccc6ccccc56)cc4c3n2)cc1. The van der Waals surface area contributed by atoms with E-state index in [1.807, 2.05) is 18.3 Å². The number of benzene rings is 10. The molecule has 0 N–H and O–H groups in total. The average molecular weight is 759 g/mol. The van der Waals surface area contributed by atoms with Crippen LogP contribution in [0.3, 0.4) is 0 Å². The minimum atomic E-state index is -0.292. The van der Waals surface area contributed by atoms with Crippen molar-refractivity contribution in [3.8, 4) is 11.3 Å². The zero-order valence-corrected chi connectivity index (χ0v) is 31.9. The lowest BCUT2D eigenvalue weighted by atomic mass is 9.97. The lowest BCUT2D eigenvalue weighted by Gasteiger charge is -2.28. The molecule has 0 spiro atoms. The van der Waals surface area contributed by atoms with Crippen LogP contribution in [0.1, 0.15) is 0 Å². The van der Waals surface area contributed by atoms with E-state index >= 15 is 0 Å². The number of hydrogen-bond donors (Lipinski definition) is 0. The number of para-hydroxylation sites is 2. The second-order valence-corrected chi connectivity index (χ2v) is 14.8. The molecule has 0 aliphatic rings. The Morgan fingerprint density at radius 3 is 1.37 bits per heavy atom. The van der Waals surface area contributed by atoms with Gasteiger partial charge in [-0.3, -0.25) is 4.98 Å². The van der Waals surface area contributed by atoms with Gasteiger partial charge in [-0.25, -0.2) is 9.37 Å². The summed E-state index contributed by atoms with van der Waals surface area (Å²) >= 11 is 0. The molecule has 1 aromatic heterocycles. The lowest BCUT2D eigenvalue weighted by molar-refractivity contribution is 0.628. The van der Waals surface area contributed by atoms with E-state index in [4.69, 9.17) is 9.97 Å². The fourth-order valence-corrected chi connectivity index (χ4v) is 8.55. The molecule has 0 bridgehead atoms. The Labute approximate surface area is 340 Å². The van der Waals surface area contributed by atoms with Crippen LogP contribution < -0.4 is 9.80 Å². The summed E-state index contributed by atoms with van der Waals surface area (Å²) in [4.78, 5) is 15.2. The number of aromatic nitrogens is 2. The quantitative estimate of drug-likeness (QED) is 0.152. The van der Waals surface area contributed by atoms with E-state index in [9.17, 15) is 4.39 Å². The summed E-state index contributed by atoms with van der Waals surface area (Å²) in [6, 6.07) is 70.7. The van der Waals surface area contributed by atoms with Crippen LogP contribution in [-0.2, 0) is 0 Å². The summed E-state index contributed by atoms with van der Waals surface area (Å²) in [6.07, 6.45) is 1.81. The van der Waals surface area contributed by atoms with Crippen LogP contribution in [0.4, 0.5) is 38.5 Å². The monoisotopic (exact) mass is 758 g/mol. The van der Waals surface area contributed by atoms with Crippen molar-refractivity contribution in [3.05, 3.63) is 218 Å². The van der Waals surface area contributed by atoms with Crippen LogP contribution in [0.25, 0.3) is 65.4 Å².